The molecule has 0 bridgehead atoms. The molecule has 1 aliphatic rings. The molecule has 1 aromatic heterocycles. The Labute approximate surface area is 145 Å². The molecule has 0 aliphatic carbocycles. The Morgan fingerprint density at radius 3 is 2.68 bits per heavy atom. The van der Waals surface area contributed by atoms with E-state index in [1.165, 1.54) is 0 Å². The number of benzene rings is 2. The van der Waals surface area contributed by atoms with Crippen molar-refractivity contribution in [1.82, 2.24) is 10.1 Å². The van der Waals surface area contributed by atoms with Gasteiger partial charge < -0.3 is 14.2 Å². The molecule has 0 spiro atoms. The quantitative estimate of drug-likeness (QED) is 0.732. The summed E-state index contributed by atoms with van der Waals surface area (Å²) < 4.78 is 10.7. The lowest BCUT2D eigenvalue weighted by Crippen LogP contribution is -2.24. The maximum atomic E-state index is 12.4. The van der Waals surface area contributed by atoms with Crippen molar-refractivity contribution in [2.45, 2.75) is 12.3 Å². The van der Waals surface area contributed by atoms with Gasteiger partial charge >= 0.3 is 0 Å². The van der Waals surface area contributed by atoms with E-state index in [0.29, 0.717) is 30.4 Å². The first-order valence-corrected chi connectivity index (χ1v) is 8.08. The second-order valence-electron chi connectivity index (χ2n) is 5.90. The number of anilines is 1. The molecule has 1 fully saturated rings. The van der Waals surface area contributed by atoms with Crippen LogP contribution in [0.4, 0.5) is 5.69 Å². The van der Waals surface area contributed by atoms with Crippen molar-refractivity contribution in [3.05, 3.63) is 60.4 Å². The first-order chi connectivity index (χ1) is 12.3. The van der Waals surface area contributed by atoms with Gasteiger partial charge in [-0.3, -0.25) is 4.79 Å². The number of hydrogen-bond acceptors (Lipinski definition) is 5. The molecule has 0 saturated carbocycles. The summed E-state index contributed by atoms with van der Waals surface area (Å²) in [6.45, 7) is 0.549. The Bertz CT molecular complexity index is 892. The van der Waals surface area contributed by atoms with E-state index in [9.17, 15) is 4.79 Å². The van der Waals surface area contributed by atoms with Gasteiger partial charge in [-0.2, -0.15) is 4.98 Å². The number of hydrogen-bond donors (Lipinski definition) is 0. The third-order valence-corrected chi connectivity index (χ3v) is 4.34. The molecule has 2 aromatic carbocycles. The fourth-order valence-electron chi connectivity index (χ4n) is 3.07. The van der Waals surface area contributed by atoms with Gasteiger partial charge in [0.25, 0.3) is 5.89 Å². The molecule has 1 saturated heterocycles. The zero-order valence-corrected chi connectivity index (χ0v) is 13.8. The van der Waals surface area contributed by atoms with Gasteiger partial charge in [0, 0.05) is 24.6 Å². The summed E-state index contributed by atoms with van der Waals surface area (Å²) in [5, 5.41) is 4.09. The van der Waals surface area contributed by atoms with Crippen LogP contribution in [0.2, 0.25) is 0 Å². The molecule has 25 heavy (non-hydrogen) atoms. The number of amides is 1. The van der Waals surface area contributed by atoms with E-state index in [-0.39, 0.29) is 11.8 Å². The smallest absolute Gasteiger partial charge is 0.261 e. The lowest BCUT2D eigenvalue weighted by atomic mass is 10.1. The van der Waals surface area contributed by atoms with Gasteiger partial charge in [-0.05, 0) is 24.3 Å². The SMILES string of the molecule is COc1ccccc1-c1nc(C2CC(=O)N(c3ccccc3)C2)no1. The zero-order chi connectivity index (χ0) is 17.2. The lowest BCUT2D eigenvalue weighted by molar-refractivity contribution is -0.117. The molecule has 4 rings (SSSR count). The van der Waals surface area contributed by atoms with Crippen LogP contribution in [0.25, 0.3) is 11.5 Å². The van der Waals surface area contributed by atoms with E-state index in [1.807, 2.05) is 54.6 Å². The van der Waals surface area contributed by atoms with E-state index in [1.54, 1.807) is 12.0 Å². The third kappa shape index (κ3) is 2.87. The summed E-state index contributed by atoms with van der Waals surface area (Å²) in [4.78, 5) is 18.6. The van der Waals surface area contributed by atoms with E-state index >= 15 is 0 Å². The van der Waals surface area contributed by atoms with Gasteiger partial charge in [0.15, 0.2) is 5.82 Å². The molecule has 1 atom stereocenters. The van der Waals surface area contributed by atoms with Gasteiger partial charge in [-0.15, -0.1) is 0 Å². The highest BCUT2D eigenvalue weighted by Gasteiger charge is 2.34. The second kappa shape index (κ2) is 6.39. The van der Waals surface area contributed by atoms with Gasteiger partial charge in [0.1, 0.15) is 5.75 Å². The lowest BCUT2D eigenvalue weighted by Gasteiger charge is -2.15. The second-order valence-corrected chi connectivity index (χ2v) is 5.90. The Balaban J connectivity index is 1.58. The van der Waals surface area contributed by atoms with Crippen LogP contribution in [0, 0.1) is 0 Å². The van der Waals surface area contributed by atoms with Gasteiger partial charge in [-0.1, -0.05) is 35.5 Å². The van der Waals surface area contributed by atoms with Gasteiger partial charge in [0.05, 0.1) is 12.7 Å². The Hall–Kier alpha value is -3.15. The summed E-state index contributed by atoms with van der Waals surface area (Å²) in [6.07, 6.45) is 0.375. The molecular weight excluding hydrogens is 318 g/mol. The summed E-state index contributed by atoms with van der Waals surface area (Å²) >= 11 is 0. The van der Waals surface area contributed by atoms with E-state index < -0.39 is 0 Å². The topological polar surface area (TPSA) is 68.5 Å². The van der Waals surface area contributed by atoms with Crippen LogP contribution in [0.5, 0.6) is 5.75 Å². The molecule has 6 heteroatoms. The number of carbonyl (C=O) groups excluding carboxylic acids is 1. The molecule has 0 N–H and O–H groups in total. The zero-order valence-electron chi connectivity index (χ0n) is 13.8. The highest BCUT2D eigenvalue weighted by molar-refractivity contribution is 5.96. The normalized spacial score (nSPS) is 17.1. The number of rotatable bonds is 4. The van der Waals surface area contributed by atoms with Crippen molar-refractivity contribution >= 4 is 11.6 Å². The van der Waals surface area contributed by atoms with Crippen molar-refractivity contribution in [3.63, 3.8) is 0 Å². The van der Waals surface area contributed by atoms with Crippen LogP contribution in [-0.4, -0.2) is 29.7 Å². The highest BCUT2D eigenvalue weighted by Crippen LogP contribution is 2.33. The van der Waals surface area contributed by atoms with Crippen LogP contribution in [-0.2, 0) is 4.79 Å². The summed E-state index contributed by atoms with van der Waals surface area (Å²) in [6, 6.07) is 17.1. The predicted molar refractivity (Wildman–Crippen MR) is 92.4 cm³/mol. The number of ether oxygens (including phenoxy) is 1. The van der Waals surface area contributed by atoms with Crippen molar-refractivity contribution in [2.24, 2.45) is 0 Å². The highest BCUT2D eigenvalue weighted by atomic mass is 16.5. The Morgan fingerprint density at radius 1 is 1.12 bits per heavy atom. The minimum atomic E-state index is -0.0834. The number of carbonyl (C=O) groups is 1. The van der Waals surface area contributed by atoms with Gasteiger partial charge in [0.2, 0.25) is 5.91 Å². The van der Waals surface area contributed by atoms with Crippen molar-refractivity contribution < 1.29 is 14.1 Å². The molecule has 1 amide bonds. The van der Waals surface area contributed by atoms with Crippen LogP contribution < -0.4 is 9.64 Å². The van der Waals surface area contributed by atoms with Crippen molar-refractivity contribution in [3.8, 4) is 17.2 Å². The van der Waals surface area contributed by atoms with Crippen LogP contribution >= 0.6 is 0 Å². The average molecular weight is 335 g/mol. The van der Waals surface area contributed by atoms with E-state index in [2.05, 4.69) is 10.1 Å². The van der Waals surface area contributed by atoms with Crippen molar-refractivity contribution in [1.29, 1.82) is 0 Å². The van der Waals surface area contributed by atoms with Crippen LogP contribution in [0.15, 0.2) is 59.1 Å². The summed E-state index contributed by atoms with van der Waals surface area (Å²) in [5.41, 5.74) is 1.64. The first kappa shape index (κ1) is 15.4. The predicted octanol–water partition coefficient (Wildman–Crippen LogP) is 3.27. The average Bonchev–Trinajstić information content (AvgIpc) is 3.29. The number of para-hydroxylation sites is 2. The fraction of sp³-hybridized carbons (Fsp3) is 0.211. The fourth-order valence-corrected chi connectivity index (χ4v) is 3.07. The van der Waals surface area contributed by atoms with Crippen LogP contribution in [0.3, 0.4) is 0 Å². The molecule has 126 valence electrons. The molecular formula is C19H17N3O3. The molecule has 2 heterocycles. The van der Waals surface area contributed by atoms with Crippen LogP contribution in [0.1, 0.15) is 18.2 Å². The number of methoxy groups -OCH3 is 1. The van der Waals surface area contributed by atoms with E-state index in [0.717, 1.165) is 11.3 Å². The number of nitrogens with zero attached hydrogens (tertiary/aromatic N) is 3. The maximum Gasteiger partial charge on any atom is 0.261 e. The Morgan fingerprint density at radius 2 is 1.88 bits per heavy atom. The first-order valence-electron chi connectivity index (χ1n) is 8.08. The van der Waals surface area contributed by atoms with Gasteiger partial charge in [-0.25, -0.2) is 0 Å². The van der Waals surface area contributed by atoms with Crippen molar-refractivity contribution in [2.75, 3.05) is 18.6 Å². The molecule has 1 aliphatic heterocycles. The summed E-state index contributed by atoms with van der Waals surface area (Å²) in [7, 11) is 1.60. The van der Waals surface area contributed by atoms with E-state index in [4.69, 9.17) is 9.26 Å². The summed E-state index contributed by atoms with van der Waals surface area (Å²) in [5.74, 6) is 1.61. The molecule has 1 unspecified atom stereocenters. The minimum absolute atomic E-state index is 0.0693. The monoisotopic (exact) mass is 335 g/mol. The largest absolute Gasteiger partial charge is 0.496 e. The third-order valence-electron chi connectivity index (χ3n) is 4.34. The Kier molecular flexibility index (Phi) is 3.93. The standard InChI is InChI=1S/C19H17N3O3/c1-24-16-10-6-5-9-15(16)19-20-18(21-25-19)13-11-17(23)22(12-13)14-7-3-2-4-8-14/h2-10,13H,11-12H2,1H3. The minimum Gasteiger partial charge on any atom is -0.496 e. The number of aromatic nitrogens is 2. The maximum absolute atomic E-state index is 12.4. The molecule has 0 radical (unpaired) electrons. The molecule has 6 nitrogen and oxygen atoms in total. The molecule has 3 aromatic rings.